The van der Waals surface area contributed by atoms with Crippen molar-refractivity contribution in [2.75, 3.05) is 13.1 Å². The minimum absolute atomic E-state index is 0.0718. The number of nitrogens with two attached hydrogens (primary N) is 1. The maximum Gasteiger partial charge on any atom is 0.239 e. The van der Waals surface area contributed by atoms with E-state index in [1.165, 1.54) is 0 Å². The third kappa shape index (κ3) is 2.56. The summed E-state index contributed by atoms with van der Waals surface area (Å²) in [6.45, 7) is 7.16. The first-order valence-electron chi connectivity index (χ1n) is 4.82. The van der Waals surface area contributed by atoms with Crippen LogP contribution in [0, 0.1) is 5.92 Å². The monoisotopic (exact) mass is 182 g/mol. The van der Waals surface area contributed by atoms with Gasteiger partial charge in [-0.1, -0.05) is 6.08 Å². The van der Waals surface area contributed by atoms with Crippen molar-refractivity contribution in [2.45, 2.75) is 25.8 Å². The zero-order chi connectivity index (χ0) is 9.84. The summed E-state index contributed by atoms with van der Waals surface area (Å²) in [5, 5.41) is 0. The normalized spacial score (nSPS) is 21.2. The molecule has 0 aromatic heterocycles. The number of carbonyl (C=O) groups excluding carboxylic acids is 1. The number of nitrogens with zero attached hydrogens (tertiary/aromatic N) is 1. The molecule has 3 nitrogen and oxygen atoms in total. The van der Waals surface area contributed by atoms with Crippen LogP contribution in [0.4, 0.5) is 0 Å². The van der Waals surface area contributed by atoms with Gasteiger partial charge in [-0.25, -0.2) is 0 Å². The molecule has 1 saturated heterocycles. The number of hydrogen-bond acceptors (Lipinski definition) is 2. The van der Waals surface area contributed by atoms with E-state index in [-0.39, 0.29) is 11.9 Å². The average molecular weight is 182 g/mol. The van der Waals surface area contributed by atoms with Crippen LogP contribution in [0.1, 0.15) is 19.8 Å². The molecule has 0 radical (unpaired) electrons. The third-order valence-corrected chi connectivity index (χ3v) is 2.57. The van der Waals surface area contributed by atoms with E-state index < -0.39 is 0 Å². The van der Waals surface area contributed by atoms with Crippen LogP contribution in [0.2, 0.25) is 0 Å². The molecule has 1 aliphatic heterocycles. The van der Waals surface area contributed by atoms with Crippen LogP contribution in [-0.2, 0) is 4.79 Å². The predicted molar refractivity (Wildman–Crippen MR) is 53.2 cm³/mol. The molecular formula is C10H18N2O. The van der Waals surface area contributed by atoms with Crippen LogP contribution in [0.5, 0.6) is 0 Å². The summed E-state index contributed by atoms with van der Waals surface area (Å²) in [5.74, 6) is 0.652. The Kier molecular flexibility index (Phi) is 3.48. The molecule has 74 valence electrons. The summed E-state index contributed by atoms with van der Waals surface area (Å²) >= 11 is 0. The molecule has 1 fully saturated rings. The highest BCUT2D eigenvalue weighted by Crippen LogP contribution is 2.17. The number of allylic oxidation sites excluding steroid dienone is 1. The first-order valence-corrected chi connectivity index (χ1v) is 4.82. The van der Waals surface area contributed by atoms with Crippen molar-refractivity contribution in [1.29, 1.82) is 0 Å². The van der Waals surface area contributed by atoms with Gasteiger partial charge in [0.05, 0.1) is 6.04 Å². The van der Waals surface area contributed by atoms with Crippen LogP contribution in [0.15, 0.2) is 12.7 Å². The van der Waals surface area contributed by atoms with Gasteiger partial charge in [-0.15, -0.1) is 6.58 Å². The highest BCUT2D eigenvalue weighted by atomic mass is 16.2. The maximum atomic E-state index is 11.5. The van der Waals surface area contributed by atoms with Crippen LogP contribution in [-0.4, -0.2) is 29.9 Å². The maximum absolute atomic E-state index is 11.5. The lowest BCUT2D eigenvalue weighted by Crippen LogP contribution is -2.45. The zero-order valence-electron chi connectivity index (χ0n) is 8.20. The van der Waals surface area contributed by atoms with E-state index in [2.05, 4.69) is 6.58 Å². The van der Waals surface area contributed by atoms with Gasteiger partial charge >= 0.3 is 0 Å². The lowest BCUT2D eigenvalue weighted by atomic mass is 9.97. The van der Waals surface area contributed by atoms with E-state index in [4.69, 9.17) is 5.73 Å². The van der Waals surface area contributed by atoms with Gasteiger partial charge < -0.3 is 10.6 Å². The highest BCUT2D eigenvalue weighted by molar-refractivity contribution is 5.81. The van der Waals surface area contributed by atoms with Gasteiger partial charge in [-0.05, 0) is 25.7 Å². The molecule has 0 aromatic carbocycles. The molecule has 1 rings (SSSR count). The molecule has 1 amide bonds. The average Bonchev–Trinajstić information content (AvgIpc) is 2.17. The van der Waals surface area contributed by atoms with Crippen molar-refractivity contribution >= 4 is 5.91 Å². The Morgan fingerprint density at radius 1 is 1.62 bits per heavy atom. The second kappa shape index (κ2) is 4.42. The molecule has 1 atom stereocenters. The molecule has 1 heterocycles. The molecule has 13 heavy (non-hydrogen) atoms. The smallest absolute Gasteiger partial charge is 0.239 e. The molecule has 1 aliphatic rings. The van der Waals surface area contributed by atoms with Crippen molar-refractivity contribution < 1.29 is 4.79 Å². The minimum Gasteiger partial charge on any atom is -0.341 e. The summed E-state index contributed by atoms with van der Waals surface area (Å²) in [4.78, 5) is 13.3. The van der Waals surface area contributed by atoms with E-state index >= 15 is 0 Å². The number of amides is 1. The van der Waals surface area contributed by atoms with E-state index in [9.17, 15) is 4.79 Å². The summed E-state index contributed by atoms with van der Waals surface area (Å²) in [7, 11) is 0. The summed E-state index contributed by atoms with van der Waals surface area (Å²) in [5.41, 5.74) is 5.52. The quantitative estimate of drug-likeness (QED) is 0.641. The van der Waals surface area contributed by atoms with E-state index in [1.807, 2.05) is 11.0 Å². The van der Waals surface area contributed by atoms with Gasteiger partial charge in [-0.2, -0.15) is 0 Å². The largest absolute Gasteiger partial charge is 0.341 e. The highest BCUT2D eigenvalue weighted by Gasteiger charge is 2.22. The second-order valence-electron chi connectivity index (χ2n) is 3.69. The van der Waals surface area contributed by atoms with Gasteiger partial charge in [-0.3, -0.25) is 4.79 Å². The SMILES string of the molecule is C=CC1CCN(C(=O)[C@H](C)N)CC1. The van der Waals surface area contributed by atoms with E-state index in [0.29, 0.717) is 5.92 Å². The zero-order valence-corrected chi connectivity index (χ0v) is 8.20. The molecule has 3 heteroatoms. The number of carbonyl (C=O) groups is 1. The molecule has 0 aliphatic carbocycles. The predicted octanol–water partition coefficient (Wildman–Crippen LogP) is 0.758. The molecule has 0 saturated carbocycles. The van der Waals surface area contributed by atoms with Gasteiger partial charge in [0.2, 0.25) is 5.91 Å². The fourth-order valence-electron chi connectivity index (χ4n) is 1.64. The topological polar surface area (TPSA) is 46.3 Å². The molecule has 0 aromatic rings. The summed E-state index contributed by atoms with van der Waals surface area (Å²) in [6.07, 6.45) is 4.04. The van der Waals surface area contributed by atoms with Crippen LogP contribution < -0.4 is 5.73 Å². The Hall–Kier alpha value is -0.830. The van der Waals surface area contributed by atoms with Crippen molar-refractivity contribution in [3.05, 3.63) is 12.7 Å². The molecular weight excluding hydrogens is 164 g/mol. The first kappa shape index (κ1) is 10.3. The van der Waals surface area contributed by atoms with Crippen LogP contribution in [0.25, 0.3) is 0 Å². The van der Waals surface area contributed by atoms with E-state index in [0.717, 1.165) is 25.9 Å². The van der Waals surface area contributed by atoms with Crippen LogP contribution >= 0.6 is 0 Å². The first-order chi connectivity index (χ1) is 6.15. The molecule has 2 N–H and O–H groups in total. The van der Waals surface area contributed by atoms with Crippen molar-refractivity contribution in [3.63, 3.8) is 0 Å². The summed E-state index contributed by atoms with van der Waals surface area (Å²) < 4.78 is 0. The summed E-state index contributed by atoms with van der Waals surface area (Å²) in [6, 6.07) is -0.361. The fourth-order valence-corrected chi connectivity index (χ4v) is 1.64. The standard InChI is InChI=1S/C10H18N2O/c1-3-9-4-6-12(7-5-9)10(13)8(2)11/h3,8-9H,1,4-7,11H2,2H3/t8-/m0/s1. The van der Waals surface area contributed by atoms with Crippen LogP contribution in [0.3, 0.4) is 0 Å². The van der Waals surface area contributed by atoms with Crippen molar-refractivity contribution in [3.8, 4) is 0 Å². The Bertz CT molecular complexity index is 193. The lowest BCUT2D eigenvalue weighted by Gasteiger charge is -2.31. The van der Waals surface area contributed by atoms with E-state index in [1.54, 1.807) is 6.92 Å². The fraction of sp³-hybridized carbons (Fsp3) is 0.700. The van der Waals surface area contributed by atoms with Gasteiger partial charge in [0.15, 0.2) is 0 Å². The number of likely N-dealkylation sites (tertiary alicyclic amines) is 1. The Balaban J connectivity index is 2.40. The Morgan fingerprint density at radius 2 is 2.15 bits per heavy atom. The van der Waals surface area contributed by atoms with Gasteiger partial charge in [0, 0.05) is 13.1 Å². The van der Waals surface area contributed by atoms with Gasteiger partial charge in [0.1, 0.15) is 0 Å². The Morgan fingerprint density at radius 3 is 2.54 bits per heavy atom. The second-order valence-corrected chi connectivity index (χ2v) is 3.69. The Labute approximate surface area is 79.6 Å². The third-order valence-electron chi connectivity index (χ3n) is 2.57. The minimum atomic E-state index is -0.361. The lowest BCUT2D eigenvalue weighted by molar-refractivity contribution is -0.133. The number of piperidine rings is 1. The molecule has 0 spiro atoms. The molecule has 0 unspecified atom stereocenters. The number of hydrogen-bond donors (Lipinski definition) is 1. The van der Waals surface area contributed by atoms with Gasteiger partial charge in [0.25, 0.3) is 0 Å². The van der Waals surface area contributed by atoms with Crippen molar-refractivity contribution in [2.24, 2.45) is 11.7 Å². The molecule has 0 bridgehead atoms. The van der Waals surface area contributed by atoms with Crippen molar-refractivity contribution in [1.82, 2.24) is 4.90 Å². The number of rotatable bonds is 2.